The summed E-state index contributed by atoms with van der Waals surface area (Å²) in [5.74, 6) is 0.539. The summed E-state index contributed by atoms with van der Waals surface area (Å²) >= 11 is 3.38. The van der Waals surface area contributed by atoms with Gasteiger partial charge in [-0.05, 0) is 37.3 Å². The summed E-state index contributed by atoms with van der Waals surface area (Å²) in [5, 5.41) is 0. The molecule has 22 heavy (non-hydrogen) atoms. The fourth-order valence-corrected chi connectivity index (χ4v) is 2.65. The van der Waals surface area contributed by atoms with E-state index in [1.807, 2.05) is 24.0 Å². The maximum absolute atomic E-state index is 13.9. The highest BCUT2D eigenvalue weighted by Crippen LogP contribution is 2.21. The number of rotatable bonds is 4. The average Bonchev–Trinajstić information content (AvgIpc) is 2.55. The van der Waals surface area contributed by atoms with Crippen LogP contribution in [0.25, 0.3) is 11.2 Å². The lowest BCUT2D eigenvalue weighted by atomic mass is 10.2. The van der Waals surface area contributed by atoms with E-state index < -0.39 is 0 Å². The van der Waals surface area contributed by atoms with E-state index in [-0.39, 0.29) is 5.82 Å². The Morgan fingerprint density at radius 1 is 1.14 bits per heavy atom. The normalized spacial score (nSPS) is 10.9. The molecule has 0 amide bonds. The molecule has 0 fully saturated rings. The standard InChI is InChI=1S/C16H14BrFN4/c1-2-22(10-11-9-12(17)3-4-13(11)18)15-6-5-14-16(21-15)20-8-7-19-14/h3-9H,2,10H2,1H3. The Kier molecular flexibility index (Phi) is 4.29. The Labute approximate surface area is 136 Å². The molecule has 2 heterocycles. The Morgan fingerprint density at radius 3 is 2.77 bits per heavy atom. The van der Waals surface area contributed by atoms with Gasteiger partial charge in [-0.15, -0.1) is 0 Å². The molecule has 3 aromatic rings. The van der Waals surface area contributed by atoms with Crippen LogP contribution in [0.2, 0.25) is 0 Å². The van der Waals surface area contributed by atoms with Crippen LogP contribution in [0.4, 0.5) is 10.2 Å². The van der Waals surface area contributed by atoms with E-state index in [1.165, 1.54) is 6.07 Å². The Bertz CT molecular complexity index is 809. The number of anilines is 1. The summed E-state index contributed by atoms with van der Waals surface area (Å²) in [6.07, 6.45) is 3.25. The van der Waals surface area contributed by atoms with Crippen LogP contribution in [0.3, 0.4) is 0 Å². The maximum Gasteiger partial charge on any atom is 0.180 e. The molecule has 0 aliphatic rings. The van der Waals surface area contributed by atoms with Crippen LogP contribution in [0.1, 0.15) is 12.5 Å². The molecule has 3 rings (SSSR count). The smallest absolute Gasteiger partial charge is 0.180 e. The molecule has 0 atom stereocenters. The van der Waals surface area contributed by atoms with Crippen LogP contribution >= 0.6 is 15.9 Å². The molecule has 6 heteroatoms. The number of fused-ring (bicyclic) bond motifs is 1. The molecule has 2 aromatic heterocycles. The van der Waals surface area contributed by atoms with Crippen molar-refractivity contribution in [2.24, 2.45) is 0 Å². The third kappa shape index (κ3) is 3.06. The SMILES string of the molecule is CCN(Cc1cc(Br)ccc1F)c1ccc2nccnc2n1. The van der Waals surface area contributed by atoms with E-state index in [0.717, 1.165) is 15.8 Å². The quantitative estimate of drug-likeness (QED) is 0.706. The molecule has 1 aromatic carbocycles. The molecule has 0 bridgehead atoms. The summed E-state index contributed by atoms with van der Waals surface area (Å²) in [7, 11) is 0. The lowest BCUT2D eigenvalue weighted by molar-refractivity contribution is 0.604. The second kappa shape index (κ2) is 6.36. The predicted molar refractivity (Wildman–Crippen MR) is 88.2 cm³/mol. The van der Waals surface area contributed by atoms with E-state index in [0.29, 0.717) is 24.3 Å². The second-order valence-corrected chi connectivity index (χ2v) is 5.73. The largest absolute Gasteiger partial charge is 0.352 e. The second-order valence-electron chi connectivity index (χ2n) is 4.82. The van der Waals surface area contributed by atoms with E-state index in [9.17, 15) is 4.39 Å². The van der Waals surface area contributed by atoms with E-state index in [4.69, 9.17) is 0 Å². The third-order valence-electron chi connectivity index (χ3n) is 3.39. The molecule has 0 unspecified atom stereocenters. The van der Waals surface area contributed by atoms with Gasteiger partial charge in [-0.25, -0.2) is 14.4 Å². The van der Waals surface area contributed by atoms with Gasteiger partial charge >= 0.3 is 0 Å². The molecule has 0 aliphatic heterocycles. The van der Waals surface area contributed by atoms with Gasteiger partial charge in [-0.1, -0.05) is 15.9 Å². The van der Waals surface area contributed by atoms with Gasteiger partial charge in [0.1, 0.15) is 17.2 Å². The number of aromatic nitrogens is 3. The topological polar surface area (TPSA) is 41.9 Å². The molecule has 0 saturated carbocycles. The minimum atomic E-state index is -0.220. The lowest BCUT2D eigenvalue weighted by Gasteiger charge is -2.22. The van der Waals surface area contributed by atoms with Crippen molar-refractivity contribution < 1.29 is 4.39 Å². The number of halogens is 2. The van der Waals surface area contributed by atoms with Gasteiger partial charge in [0.15, 0.2) is 5.65 Å². The number of hydrogen-bond donors (Lipinski definition) is 0. The van der Waals surface area contributed by atoms with Crippen molar-refractivity contribution in [3.63, 3.8) is 0 Å². The highest BCUT2D eigenvalue weighted by atomic mass is 79.9. The monoisotopic (exact) mass is 360 g/mol. The van der Waals surface area contributed by atoms with Crippen molar-refractivity contribution in [1.29, 1.82) is 0 Å². The molecule has 0 N–H and O–H groups in total. The number of pyridine rings is 1. The van der Waals surface area contributed by atoms with Crippen molar-refractivity contribution in [1.82, 2.24) is 15.0 Å². The van der Waals surface area contributed by atoms with Crippen molar-refractivity contribution in [2.45, 2.75) is 13.5 Å². The summed E-state index contributed by atoms with van der Waals surface area (Å²) in [6.45, 7) is 3.17. The van der Waals surface area contributed by atoms with Crippen LogP contribution < -0.4 is 4.90 Å². The first-order chi connectivity index (χ1) is 10.7. The highest BCUT2D eigenvalue weighted by Gasteiger charge is 2.11. The van der Waals surface area contributed by atoms with Crippen LogP contribution in [-0.2, 0) is 6.54 Å². The van der Waals surface area contributed by atoms with E-state index in [1.54, 1.807) is 24.5 Å². The first-order valence-corrected chi connectivity index (χ1v) is 7.73. The minimum absolute atomic E-state index is 0.220. The van der Waals surface area contributed by atoms with Gasteiger partial charge < -0.3 is 4.90 Å². The van der Waals surface area contributed by atoms with Gasteiger partial charge in [-0.3, -0.25) is 4.98 Å². The van der Waals surface area contributed by atoms with Crippen LogP contribution in [-0.4, -0.2) is 21.5 Å². The van der Waals surface area contributed by atoms with E-state index >= 15 is 0 Å². The van der Waals surface area contributed by atoms with Crippen molar-refractivity contribution in [3.05, 3.63) is 58.6 Å². The molecule has 0 radical (unpaired) electrons. The summed E-state index contributed by atoms with van der Waals surface area (Å²) in [6, 6.07) is 8.71. The van der Waals surface area contributed by atoms with Crippen molar-refractivity contribution in [2.75, 3.05) is 11.4 Å². The fourth-order valence-electron chi connectivity index (χ4n) is 2.25. The number of hydrogen-bond acceptors (Lipinski definition) is 4. The van der Waals surface area contributed by atoms with Gasteiger partial charge in [0.2, 0.25) is 0 Å². The number of benzene rings is 1. The zero-order valence-corrected chi connectivity index (χ0v) is 13.6. The summed E-state index contributed by atoms with van der Waals surface area (Å²) in [4.78, 5) is 14.9. The molecular weight excluding hydrogens is 347 g/mol. The van der Waals surface area contributed by atoms with E-state index in [2.05, 4.69) is 30.9 Å². The molecule has 0 aliphatic carbocycles. The van der Waals surface area contributed by atoms with Gasteiger partial charge in [-0.2, -0.15) is 0 Å². The minimum Gasteiger partial charge on any atom is -0.352 e. The fraction of sp³-hybridized carbons (Fsp3) is 0.188. The first-order valence-electron chi connectivity index (χ1n) is 6.94. The molecular formula is C16H14BrFN4. The maximum atomic E-state index is 13.9. The van der Waals surface area contributed by atoms with Gasteiger partial charge in [0.05, 0.1) is 0 Å². The van der Waals surface area contributed by atoms with Crippen molar-refractivity contribution in [3.8, 4) is 0 Å². The Balaban J connectivity index is 1.93. The number of nitrogens with zero attached hydrogens (tertiary/aromatic N) is 4. The summed E-state index contributed by atoms with van der Waals surface area (Å²) in [5.41, 5.74) is 1.96. The Morgan fingerprint density at radius 2 is 1.95 bits per heavy atom. The average molecular weight is 361 g/mol. The van der Waals surface area contributed by atoms with Gasteiger partial charge in [0.25, 0.3) is 0 Å². The Hall–Kier alpha value is -2.08. The van der Waals surface area contributed by atoms with Crippen LogP contribution in [0, 0.1) is 5.82 Å². The van der Waals surface area contributed by atoms with Crippen LogP contribution in [0.15, 0.2) is 47.2 Å². The van der Waals surface area contributed by atoms with Crippen LogP contribution in [0.5, 0.6) is 0 Å². The molecule has 112 valence electrons. The predicted octanol–water partition coefficient (Wildman–Crippen LogP) is 3.95. The zero-order valence-electron chi connectivity index (χ0n) is 12.0. The van der Waals surface area contributed by atoms with Gasteiger partial charge in [0, 0.05) is 35.5 Å². The molecule has 0 spiro atoms. The summed E-state index contributed by atoms with van der Waals surface area (Å²) < 4.78 is 14.8. The highest BCUT2D eigenvalue weighted by molar-refractivity contribution is 9.10. The first kappa shape index (κ1) is 14.8. The third-order valence-corrected chi connectivity index (χ3v) is 3.88. The molecule has 4 nitrogen and oxygen atoms in total. The zero-order chi connectivity index (χ0) is 15.5. The molecule has 0 saturated heterocycles. The van der Waals surface area contributed by atoms with Crippen molar-refractivity contribution >= 4 is 32.9 Å². The lowest BCUT2D eigenvalue weighted by Crippen LogP contribution is -2.23.